The van der Waals surface area contributed by atoms with Gasteiger partial charge >= 0.3 is 11.9 Å². The lowest BCUT2D eigenvalue weighted by Crippen LogP contribution is -2.21. The zero-order chi connectivity index (χ0) is 32.6. The second-order valence-electron chi connectivity index (χ2n) is 9.45. The normalized spacial score (nSPS) is 10.7. The van der Waals surface area contributed by atoms with Crippen molar-refractivity contribution in [2.75, 3.05) is 13.2 Å². The highest BCUT2D eigenvalue weighted by Gasteiger charge is 2.19. The summed E-state index contributed by atoms with van der Waals surface area (Å²) in [4.78, 5) is 51.1. The Bertz CT molecular complexity index is 1750. The fourth-order valence-electron chi connectivity index (χ4n) is 3.70. The Labute approximate surface area is 265 Å². The van der Waals surface area contributed by atoms with Gasteiger partial charge in [-0.05, 0) is 52.0 Å². The molecule has 13 heteroatoms. The number of halogens is 5. The molecule has 0 atom stereocenters. The van der Waals surface area contributed by atoms with Crippen molar-refractivity contribution in [3.05, 3.63) is 89.9 Å². The number of esters is 2. The molecule has 232 valence electrons. The van der Waals surface area contributed by atoms with Crippen LogP contribution in [-0.2, 0) is 9.47 Å². The van der Waals surface area contributed by atoms with Crippen molar-refractivity contribution in [2.24, 2.45) is 0 Å². The molecule has 4 rings (SSSR count). The number of pyridine rings is 2. The van der Waals surface area contributed by atoms with Crippen molar-refractivity contribution in [2.45, 2.75) is 52.4 Å². The number of aromatic nitrogens is 2. The second-order valence-corrected chi connectivity index (χ2v) is 12.1. The molecule has 2 aromatic carbocycles. The predicted molar refractivity (Wildman–Crippen MR) is 169 cm³/mol. The lowest BCUT2D eigenvalue weighted by molar-refractivity contribution is 0.0514. The van der Waals surface area contributed by atoms with Gasteiger partial charge in [0.1, 0.15) is 22.8 Å². The first kappa shape index (κ1) is 35.9. The monoisotopic (exact) mass is 702 g/mol. The molecule has 0 aliphatic carbocycles. The number of H-pyrrole nitrogens is 1. The van der Waals surface area contributed by atoms with Crippen LogP contribution in [0, 0.1) is 11.6 Å². The molecule has 2 heterocycles. The molecule has 0 aliphatic rings. The predicted octanol–water partition coefficient (Wildman–Crippen LogP) is 7.84. The number of ether oxygens (including phenoxy) is 2. The first-order chi connectivity index (χ1) is 20.1. The maximum atomic E-state index is 13.6. The SMILES string of the molecule is CC(C)Br.CCOC(=O)c1c[nH]c2cc(Cl)c(F)cc2c1=O.CCOC(=O)c1cn(C(C)C)c2cc(Cl)c(F)cc2c1=O. The summed E-state index contributed by atoms with van der Waals surface area (Å²) in [5.41, 5.74) is -0.576. The van der Waals surface area contributed by atoms with Crippen LogP contribution >= 0.6 is 39.1 Å². The van der Waals surface area contributed by atoms with Crippen LogP contribution in [0.3, 0.4) is 0 Å². The molecular weight excluding hydrogens is 673 g/mol. The molecule has 0 aliphatic heterocycles. The Morgan fingerprint density at radius 1 is 0.860 bits per heavy atom. The minimum atomic E-state index is -0.740. The molecule has 8 nitrogen and oxygen atoms in total. The highest BCUT2D eigenvalue weighted by Crippen LogP contribution is 2.24. The largest absolute Gasteiger partial charge is 0.462 e. The van der Waals surface area contributed by atoms with Gasteiger partial charge in [-0.15, -0.1) is 0 Å². The van der Waals surface area contributed by atoms with E-state index >= 15 is 0 Å². The lowest BCUT2D eigenvalue weighted by Gasteiger charge is -2.16. The van der Waals surface area contributed by atoms with Gasteiger partial charge in [0.25, 0.3) is 0 Å². The van der Waals surface area contributed by atoms with Gasteiger partial charge in [-0.3, -0.25) is 9.59 Å². The molecule has 4 aromatic rings. The average Bonchev–Trinajstić information content (AvgIpc) is 2.91. The average molecular weight is 704 g/mol. The second kappa shape index (κ2) is 16.0. The molecule has 0 bridgehead atoms. The molecule has 2 aromatic heterocycles. The number of carbonyl (C=O) groups excluding carboxylic acids is 2. The van der Waals surface area contributed by atoms with Crippen LogP contribution in [0.2, 0.25) is 10.0 Å². The van der Waals surface area contributed by atoms with Crippen LogP contribution in [0.5, 0.6) is 0 Å². The smallest absolute Gasteiger partial charge is 0.343 e. The number of alkyl halides is 1. The van der Waals surface area contributed by atoms with Crippen LogP contribution in [0.4, 0.5) is 8.78 Å². The molecule has 43 heavy (non-hydrogen) atoms. The lowest BCUT2D eigenvalue weighted by atomic mass is 10.1. The van der Waals surface area contributed by atoms with Gasteiger partial charge in [0.15, 0.2) is 0 Å². The molecule has 0 radical (unpaired) electrons. The zero-order valence-corrected chi connectivity index (χ0v) is 27.4. The summed E-state index contributed by atoms with van der Waals surface area (Å²) < 4.78 is 38.3. The summed E-state index contributed by atoms with van der Waals surface area (Å²) in [7, 11) is 0. The topological polar surface area (TPSA) is 107 Å². The number of fused-ring (bicyclic) bond motifs is 2. The number of rotatable bonds is 5. The van der Waals surface area contributed by atoms with Gasteiger partial charge in [-0.2, -0.15) is 0 Å². The van der Waals surface area contributed by atoms with Gasteiger partial charge in [0.2, 0.25) is 10.9 Å². The van der Waals surface area contributed by atoms with Crippen LogP contribution in [-0.4, -0.2) is 39.5 Å². The minimum Gasteiger partial charge on any atom is -0.462 e. The van der Waals surface area contributed by atoms with Crippen molar-refractivity contribution in [1.29, 1.82) is 0 Å². The molecule has 0 amide bonds. The minimum absolute atomic E-state index is 0.0391. The number of carbonyl (C=O) groups is 2. The van der Waals surface area contributed by atoms with E-state index in [0.717, 1.165) is 12.1 Å². The standard InChI is InChI=1S/C15H15ClFNO3.C12H9ClFNO3.C3H7Br/c1-4-21-15(20)10-7-18(8(2)3)13-6-11(16)12(17)5-9(13)14(10)19;1-2-18-12(17)7-5-15-10-4-8(13)9(14)3-6(10)11(7)16;1-3(2)4/h5-8H,4H2,1-3H3;3-5H,2H2,1H3,(H,15,16);3H,1-2H3. The van der Waals surface area contributed by atoms with E-state index in [-0.39, 0.29) is 51.2 Å². The van der Waals surface area contributed by atoms with Gasteiger partial charge in [-0.1, -0.05) is 53.0 Å². The van der Waals surface area contributed by atoms with Gasteiger partial charge in [0.05, 0.1) is 34.3 Å². The fraction of sp³-hybridized carbons (Fsp3) is 0.333. The summed E-state index contributed by atoms with van der Waals surface area (Å²) >= 11 is 14.7. The number of hydrogen-bond donors (Lipinski definition) is 1. The number of nitrogens with zero attached hydrogens (tertiary/aromatic N) is 1. The number of benzene rings is 2. The Kier molecular flexibility index (Phi) is 13.3. The van der Waals surface area contributed by atoms with Crippen LogP contribution in [0.15, 0.2) is 46.2 Å². The third kappa shape index (κ3) is 9.11. The van der Waals surface area contributed by atoms with Crippen molar-refractivity contribution in [1.82, 2.24) is 9.55 Å². The van der Waals surface area contributed by atoms with E-state index in [9.17, 15) is 28.0 Å². The maximum absolute atomic E-state index is 13.6. The molecule has 0 unspecified atom stereocenters. The van der Waals surface area contributed by atoms with E-state index in [2.05, 4.69) is 34.8 Å². The summed E-state index contributed by atoms with van der Waals surface area (Å²) in [6.45, 7) is 11.5. The fourth-order valence-corrected chi connectivity index (χ4v) is 4.02. The third-order valence-electron chi connectivity index (χ3n) is 5.54. The number of aromatic amines is 1. The van der Waals surface area contributed by atoms with E-state index in [1.165, 1.54) is 24.5 Å². The number of hydrogen-bond acceptors (Lipinski definition) is 6. The zero-order valence-electron chi connectivity index (χ0n) is 24.3. The van der Waals surface area contributed by atoms with Crippen LogP contribution in [0.1, 0.15) is 68.3 Å². The van der Waals surface area contributed by atoms with Crippen molar-refractivity contribution in [3.63, 3.8) is 0 Å². The Morgan fingerprint density at radius 3 is 1.84 bits per heavy atom. The summed E-state index contributed by atoms with van der Waals surface area (Å²) in [6.07, 6.45) is 2.67. The molecule has 0 fully saturated rings. The van der Waals surface area contributed by atoms with Gasteiger partial charge < -0.3 is 19.0 Å². The molecule has 0 saturated carbocycles. The van der Waals surface area contributed by atoms with Crippen LogP contribution < -0.4 is 10.9 Å². The highest BCUT2D eigenvalue weighted by molar-refractivity contribution is 9.09. The van der Waals surface area contributed by atoms with Gasteiger partial charge in [-0.25, -0.2) is 18.4 Å². The van der Waals surface area contributed by atoms with Crippen molar-refractivity contribution < 1.29 is 27.8 Å². The van der Waals surface area contributed by atoms with E-state index in [0.29, 0.717) is 15.9 Å². The summed E-state index contributed by atoms with van der Waals surface area (Å²) in [5, 5.41) is 0.000764. The van der Waals surface area contributed by atoms with E-state index in [1.54, 1.807) is 18.4 Å². The van der Waals surface area contributed by atoms with E-state index in [4.69, 9.17) is 32.7 Å². The maximum Gasteiger partial charge on any atom is 0.343 e. The molecule has 0 saturated heterocycles. The first-order valence-electron chi connectivity index (χ1n) is 13.2. The van der Waals surface area contributed by atoms with Crippen molar-refractivity contribution in [3.8, 4) is 0 Å². The molecular formula is C30H31BrCl2F2N2O6. The highest BCUT2D eigenvalue weighted by atomic mass is 79.9. The van der Waals surface area contributed by atoms with E-state index in [1.807, 2.05) is 13.8 Å². The van der Waals surface area contributed by atoms with Crippen molar-refractivity contribution >= 4 is 72.9 Å². The van der Waals surface area contributed by atoms with E-state index < -0.39 is 34.4 Å². The molecule has 0 spiro atoms. The third-order valence-corrected chi connectivity index (χ3v) is 6.12. The quantitative estimate of drug-likeness (QED) is 0.168. The summed E-state index contributed by atoms with van der Waals surface area (Å²) in [5.74, 6) is -2.86. The molecule has 1 N–H and O–H groups in total. The first-order valence-corrected chi connectivity index (χ1v) is 14.8. The van der Waals surface area contributed by atoms with Crippen LogP contribution in [0.25, 0.3) is 21.8 Å². The summed E-state index contributed by atoms with van der Waals surface area (Å²) in [6, 6.07) is 4.70. The Balaban J connectivity index is 0.000000269. The Hall–Kier alpha value is -3.28. The number of nitrogens with one attached hydrogen (secondary N) is 1. The van der Waals surface area contributed by atoms with Gasteiger partial charge in [0, 0.05) is 34.0 Å². The Morgan fingerprint density at radius 2 is 1.33 bits per heavy atom.